The van der Waals surface area contributed by atoms with Crippen LogP contribution in [-0.2, 0) is 19.4 Å². The van der Waals surface area contributed by atoms with E-state index in [0.29, 0.717) is 23.6 Å². The predicted octanol–water partition coefficient (Wildman–Crippen LogP) is 6.79. The van der Waals surface area contributed by atoms with Crippen LogP contribution >= 0.6 is 11.3 Å². The number of thiophene rings is 1. The highest BCUT2D eigenvalue weighted by atomic mass is 32.1. The molecular formula is C26H30N2O2S. The van der Waals surface area contributed by atoms with Crippen LogP contribution in [0, 0.1) is 17.2 Å². The number of nitrogens with zero attached hydrogens (tertiary/aromatic N) is 2. The van der Waals surface area contributed by atoms with Gasteiger partial charge >= 0.3 is 5.97 Å². The average molecular weight is 435 g/mol. The lowest BCUT2D eigenvalue weighted by Gasteiger charge is -2.17. The van der Waals surface area contributed by atoms with Crippen molar-refractivity contribution < 1.29 is 9.90 Å². The highest BCUT2D eigenvalue weighted by Gasteiger charge is 2.26. The van der Waals surface area contributed by atoms with E-state index < -0.39 is 5.97 Å². The summed E-state index contributed by atoms with van der Waals surface area (Å²) in [6.07, 6.45) is 10.9. The fourth-order valence-electron chi connectivity index (χ4n) is 5.12. The molecule has 0 aliphatic heterocycles. The van der Waals surface area contributed by atoms with Crippen LogP contribution in [-0.4, -0.2) is 15.6 Å². The van der Waals surface area contributed by atoms with Gasteiger partial charge in [-0.3, -0.25) is 0 Å². The number of aromatic carboxylic acids is 1. The molecule has 3 aromatic rings. The molecule has 1 N–H and O–H groups in total. The molecule has 1 aliphatic rings. The van der Waals surface area contributed by atoms with Gasteiger partial charge < -0.3 is 9.67 Å². The third kappa shape index (κ3) is 4.55. The lowest BCUT2D eigenvalue weighted by Crippen LogP contribution is -2.11. The predicted molar refractivity (Wildman–Crippen MR) is 126 cm³/mol. The Balaban J connectivity index is 1.76. The molecule has 5 heteroatoms. The van der Waals surface area contributed by atoms with Crippen molar-refractivity contribution in [3.8, 4) is 6.07 Å². The fourth-order valence-corrected chi connectivity index (χ4v) is 5.92. The first-order valence-corrected chi connectivity index (χ1v) is 12.3. The van der Waals surface area contributed by atoms with E-state index in [-0.39, 0.29) is 0 Å². The van der Waals surface area contributed by atoms with E-state index in [1.54, 1.807) is 17.4 Å². The molecule has 0 fully saturated rings. The zero-order chi connectivity index (χ0) is 21.8. The summed E-state index contributed by atoms with van der Waals surface area (Å²) in [6, 6.07) is 9.84. The Morgan fingerprint density at radius 2 is 2.19 bits per heavy atom. The lowest BCUT2D eigenvalue weighted by molar-refractivity contribution is 0.0698. The van der Waals surface area contributed by atoms with Gasteiger partial charge in [0.1, 0.15) is 6.07 Å². The van der Waals surface area contributed by atoms with Gasteiger partial charge in [0.15, 0.2) is 0 Å². The van der Waals surface area contributed by atoms with Gasteiger partial charge in [-0.1, -0.05) is 51.2 Å². The molecule has 0 amide bonds. The van der Waals surface area contributed by atoms with E-state index in [0.717, 1.165) is 28.6 Å². The van der Waals surface area contributed by atoms with E-state index in [2.05, 4.69) is 23.6 Å². The maximum absolute atomic E-state index is 12.1. The SMILES string of the molecule is CCCCCCC1CCCc2c(n(Cc3cc(C#N)cs3)c3c(C(=O)O)cccc23)C1. The number of carboxylic acid groups (broad SMARTS) is 1. The van der Waals surface area contributed by atoms with Crippen molar-refractivity contribution in [1.82, 2.24) is 4.57 Å². The number of aryl methyl sites for hydroxylation is 1. The Morgan fingerprint density at radius 1 is 1.32 bits per heavy atom. The van der Waals surface area contributed by atoms with Crippen molar-refractivity contribution in [2.45, 2.75) is 71.3 Å². The molecule has 0 spiro atoms. The van der Waals surface area contributed by atoms with Crippen LogP contribution in [0.4, 0.5) is 0 Å². The molecule has 0 saturated heterocycles. The quantitative estimate of drug-likeness (QED) is 0.314. The zero-order valence-corrected chi connectivity index (χ0v) is 19.0. The Morgan fingerprint density at radius 3 is 2.94 bits per heavy atom. The van der Waals surface area contributed by atoms with E-state index in [9.17, 15) is 15.2 Å². The van der Waals surface area contributed by atoms with E-state index >= 15 is 0 Å². The maximum atomic E-state index is 12.1. The van der Waals surface area contributed by atoms with Crippen LogP contribution in [0.15, 0.2) is 29.6 Å². The second-order valence-corrected chi connectivity index (χ2v) is 9.74. The molecule has 1 aromatic carbocycles. The summed E-state index contributed by atoms with van der Waals surface area (Å²) in [7, 11) is 0. The molecular weight excluding hydrogens is 404 g/mol. The van der Waals surface area contributed by atoms with Gasteiger partial charge in [0, 0.05) is 21.3 Å². The summed E-state index contributed by atoms with van der Waals surface area (Å²) in [5.41, 5.74) is 4.55. The van der Waals surface area contributed by atoms with E-state index in [1.165, 1.54) is 56.2 Å². The summed E-state index contributed by atoms with van der Waals surface area (Å²) < 4.78 is 2.26. The first-order valence-electron chi connectivity index (χ1n) is 11.5. The zero-order valence-electron chi connectivity index (χ0n) is 18.2. The smallest absolute Gasteiger partial charge is 0.337 e. The van der Waals surface area contributed by atoms with Crippen LogP contribution in [0.25, 0.3) is 10.9 Å². The standard InChI is InChI=1S/C26H30N2O2S/c1-2-3-4-5-8-18-9-6-10-21-22-11-7-12-23(26(29)30)25(22)28(24(21)14-18)16-20-13-19(15-27)17-31-20/h7,11-13,17-18H,2-6,8-10,14,16H2,1H3,(H,29,30). The molecule has 1 aliphatic carbocycles. The van der Waals surface area contributed by atoms with Gasteiger partial charge in [-0.25, -0.2) is 4.79 Å². The second kappa shape index (κ2) is 9.70. The number of aromatic nitrogens is 1. The lowest BCUT2D eigenvalue weighted by atomic mass is 9.93. The third-order valence-corrected chi connectivity index (χ3v) is 7.54. The summed E-state index contributed by atoms with van der Waals surface area (Å²) in [4.78, 5) is 13.2. The third-order valence-electron chi connectivity index (χ3n) is 6.62. The second-order valence-electron chi connectivity index (χ2n) is 8.74. The number of rotatable bonds is 8. The molecule has 2 heterocycles. The molecule has 0 saturated carbocycles. The molecule has 0 bridgehead atoms. The number of fused-ring (bicyclic) bond motifs is 3. The Hall–Kier alpha value is -2.58. The number of carbonyl (C=O) groups is 1. The van der Waals surface area contributed by atoms with Crippen molar-refractivity contribution in [1.29, 1.82) is 5.26 Å². The van der Waals surface area contributed by atoms with E-state index in [4.69, 9.17) is 0 Å². The highest BCUT2D eigenvalue weighted by Crippen LogP contribution is 2.37. The first kappa shape index (κ1) is 21.6. The van der Waals surface area contributed by atoms with Crippen LogP contribution in [0.2, 0.25) is 0 Å². The van der Waals surface area contributed by atoms with Crippen LogP contribution in [0.3, 0.4) is 0 Å². The molecule has 2 aromatic heterocycles. The molecule has 4 rings (SSSR count). The number of hydrogen-bond acceptors (Lipinski definition) is 3. The minimum absolute atomic E-state index is 0.377. The van der Waals surface area contributed by atoms with Crippen molar-refractivity contribution in [2.24, 2.45) is 5.92 Å². The number of para-hydroxylation sites is 1. The average Bonchev–Trinajstić information content (AvgIpc) is 3.27. The van der Waals surface area contributed by atoms with Gasteiger partial charge in [0.25, 0.3) is 0 Å². The Bertz CT molecular complexity index is 1120. The summed E-state index contributed by atoms with van der Waals surface area (Å²) >= 11 is 1.58. The first-order chi connectivity index (χ1) is 15.1. The number of nitriles is 1. The molecule has 31 heavy (non-hydrogen) atoms. The number of carboxylic acids is 1. The van der Waals surface area contributed by atoms with Crippen LogP contribution in [0.1, 0.15) is 83.9 Å². The van der Waals surface area contributed by atoms with Gasteiger partial charge in [0.2, 0.25) is 0 Å². The monoisotopic (exact) mass is 434 g/mol. The van der Waals surface area contributed by atoms with Gasteiger partial charge in [-0.2, -0.15) is 5.26 Å². The highest BCUT2D eigenvalue weighted by molar-refractivity contribution is 7.10. The minimum atomic E-state index is -0.875. The van der Waals surface area contributed by atoms with Crippen molar-refractivity contribution in [3.63, 3.8) is 0 Å². The Kier molecular flexibility index (Phi) is 6.77. The number of hydrogen-bond donors (Lipinski definition) is 1. The summed E-state index contributed by atoms with van der Waals surface area (Å²) in [5.74, 6) is -0.216. The van der Waals surface area contributed by atoms with Crippen LogP contribution in [0.5, 0.6) is 0 Å². The molecule has 1 atom stereocenters. The van der Waals surface area contributed by atoms with Gasteiger partial charge in [-0.15, -0.1) is 11.3 Å². The van der Waals surface area contributed by atoms with E-state index in [1.807, 2.05) is 17.5 Å². The van der Waals surface area contributed by atoms with Crippen LogP contribution < -0.4 is 0 Å². The summed E-state index contributed by atoms with van der Waals surface area (Å²) in [6.45, 7) is 2.88. The molecule has 0 radical (unpaired) electrons. The largest absolute Gasteiger partial charge is 0.478 e. The topological polar surface area (TPSA) is 66.0 Å². The van der Waals surface area contributed by atoms with Gasteiger partial charge in [-0.05, 0) is 49.3 Å². The van der Waals surface area contributed by atoms with Crippen molar-refractivity contribution >= 4 is 28.2 Å². The molecule has 4 nitrogen and oxygen atoms in total. The Labute approximate surface area is 188 Å². The fraction of sp³-hybridized carbons (Fsp3) is 0.462. The number of unbranched alkanes of at least 4 members (excludes halogenated alkanes) is 3. The summed E-state index contributed by atoms with van der Waals surface area (Å²) in [5, 5.41) is 22.1. The van der Waals surface area contributed by atoms with Crippen molar-refractivity contribution in [3.05, 3.63) is 56.9 Å². The molecule has 1 unspecified atom stereocenters. The molecule has 162 valence electrons. The van der Waals surface area contributed by atoms with Gasteiger partial charge in [0.05, 0.1) is 23.2 Å². The normalized spacial score (nSPS) is 16.1. The minimum Gasteiger partial charge on any atom is -0.478 e. The maximum Gasteiger partial charge on any atom is 0.337 e. The van der Waals surface area contributed by atoms with Crippen molar-refractivity contribution in [2.75, 3.05) is 0 Å². The number of benzene rings is 1.